The number of hydrogen-bond acceptors (Lipinski definition) is 4. The minimum Gasteiger partial charge on any atom is -0.384 e. The second kappa shape index (κ2) is 5.83. The highest BCUT2D eigenvalue weighted by Gasteiger charge is 2.28. The van der Waals surface area contributed by atoms with Crippen LogP contribution < -0.4 is 4.72 Å². The summed E-state index contributed by atoms with van der Waals surface area (Å²) in [6.45, 7) is 1.36. The molecule has 0 saturated carbocycles. The van der Waals surface area contributed by atoms with Crippen molar-refractivity contribution in [1.82, 2.24) is 4.72 Å². The van der Waals surface area contributed by atoms with Gasteiger partial charge in [-0.2, -0.15) is 0 Å². The third-order valence-corrected chi connectivity index (χ3v) is 5.95. The van der Waals surface area contributed by atoms with Crippen molar-refractivity contribution in [3.63, 3.8) is 0 Å². The van der Waals surface area contributed by atoms with Gasteiger partial charge in [-0.3, -0.25) is 0 Å². The van der Waals surface area contributed by atoms with E-state index in [1.165, 1.54) is 13.0 Å². The summed E-state index contributed by atoms with van der Waals surface area (Å²) in [5.41, 5.74) is -0.904. The van der Waals surface area contributed by atoms with Crippen molar-refractivity contribution < 1.29 is 13.5 Å². The second-order valence-electron chi connectivity index (χ2n) is 4.51. The van der Waals surface area contributed by atoms with Gasteiger partial charge in [-0.15, -0.1) is 11.3 Å². The standard InChI is InChI=1S/C13H14ClNO3S2/c1-13(16,10-5-2-3-6-11(10)14)9-15-20(17,18)12-7-4-8-19-12/h2-8,15-16H,9H2,1H3. The maximum Gasteiger partial charge on any atom is 0.250 e. The molecule has 0 aliphatic carbocycles. The lowest BCUT2D eigenvalue weighted by molar-refractivity contribution is 0.0629. The molecule has 2 rings (SSSR count). The summed E-state index contributed by atoms with van der Waals surface area (Å²) in [4.78, 5) is 0. The molecular formula is C13H14ClNO3S2. The molecular weight excluding hydrogens is 318 g/mol. The van der Waals surface area contributed by atoms with Gasteiger partial charge in [0.15, 0.2) is 0 Å². The van der Waals surface area contributed by atoms with Gasteiger partial charge < -0.3 is 5.11 Å². The van der Waals surface area contributed by atoms with Gasteiger partial charge in [-0.1, -0.05) is 35.9 Å². The molecule has 0 radical (unpaired) electrons. The number of aliphatic hydroxyl groups is 1. The lowest BCUT2D eigenvalue weighted by Crippen LogP contribution is -2.38. The predicted octanol–water partition coefficient (Wildman–Crippen LogP) is 2.59. The van der Waals surface area contributed by atoms with E-state index in [0.717, 1.165) is 11.3 Å². The zero-order valence-electron chi connectivity index (χ0n) is 10.7. The molecule has 1 aromatic carbocycles. The maximum atomic E-state index is 12.0. The largest absolute Gasteiger partial charge is 0.384 e. The Labute approximate surface area is 127 Å². The molecule has 2 N–H and O–H groups in total. The van der Waals surface area contributed by atoms with E-state index in [4.69, 9.17) is 11.6 Å². The monoisotopic (exact) mass is 331 g/mol. The molecule has 0 aliphatic heterocycles. The first kappa shape index (κ1) is 15.5. The van der Waals surface area contributed by atoms with Crippen molar-refractivity contribution in [3.05, 3.63) is 52.4 Å². The number of benzene rings is 1. The SMILES string of the molecule is CC(O)(CNS(=O)(=O)c1cccs1)c1ccccc1Cl. The molecule has 1 aromatic heterocycles. The van der Waals surface area contributed by atoms with Gasteiger partial charge in [0, 0.05) is 17.1 Å². The Kier molecular flexibility index (Phi) is 4.51. The average Bonchev–Trinajstić information content (AvgIpc) is 2.92. The minimum absolute atomic E-state index is 0.156. The van der Waals surface area contributed by atoms with Crippen LogP contribution in [0.25, 0.3) is 0 Å². The molecule has 0 bridgehead atoms. The van der Waals surface area contributed by atoms with Crippen LogP contribution in [0.15, 0.2) is 46.0 Å². The van der Waals surface area contributed by atoms with Crippen LogP contribution in [-0.2, 0) is 15.6 Å². The van der Waals surface area contributed by atoms with Crippen molar-refractivity contribution in [3.8, 4) is 0 Å². The fraction of sp³-hybridized carbons (Fsp3) is 0.231. The Morgan fingerprint density at radius 1 is 1.30 bits per heavy atom. The second-order valence-corrected chi connectivity index (χ2v) is 7.86. The lowest BCUT2D eigenvalue weighted by Gasteiger charge is -2.25. The number of rotatable bonds is 5. The molecule has 1 unspecified atom stereocenters. The maximum absolute atomic E-state index is 12.0. The Bertz CT molecular complexity index is 681. The summed E-state index contributed by atoms with van der Waals surface area (Å²) < 4.78 is 26.6. The van der Waals surface area contributed by atoms with Gasteiger partial charge in [0.1, 0.15) is 9.81 Å². The number of thiophene rings is 1. The zero-order chi connectivity index (χ0) is 14.8. The van der Waals surface area contributed by atoms with Crippen LogP contribution in [-0.4, -0.2) is 20.1 Å². The predicted molar refractivity (Wildman–Crippen MR) is 80.5 cm³/mol. The van der Waals surface area contributed by atoms with E-state index in [2.05, 4.69) is 4.72 Å². The van der Waals surface area contributed by atoms with Crippen LogP contribution in [0.4, 0.5) is 0 Å². The van der Waals surface area contributed by atoms with Crippen LogP contribution in [0.5, 0.6) is 0 Å². The summed E-state index contributed by atoms with van der Waals surface area (Å²) >= 11 is 7.14. The van der Waals surface area contributed by atoms with Gasteiger partial charge >= 0.3 is 0 Å². The van der Waals surface area contributed by atoms with Crippen molar-refractivity contribution in [1.29, 1.82) is 0 Å². The molecule has 7 heteroatoms. The molecule has 0 aliphatic rings. The van der Waals surface area contributed by atoms with Crippen LogP contribution in [0, 0.1) is 0 Å². The van der Waals surface area contributed by atoms with Gasteiger partial charge in [0.2, 0.25) is 10.0 Å². The van der Waals surface area contributed by atoms with Crippen molar-refractivity contribution >= 4 is 33.0 Å². The Balaban J connectivity index is 2.16. The topological polar surface area (TPSA) is 66.4 Å². The van der Waals surface area contributed by atoms with Crippen LogP contribution >= 0.6 is 22.9 Å². The Hall–Kier alpha value is -0.920. The third kappa shape index (κ3) is 3.39. The van der Waals surface area contributed by atoms with Crippen molar-refractivity contribution in [2.24, 2.45) is 0 Å². The van der Waals surface area contributed by atoms with Gasteiger partial charge in [0.05, 0.1) is 0 Å². The number of nitrogens with one attached hydrogen (secondary N) is 1. The molecule has 108 valence electrons. The van der Waals surface area contributed by atoms with E-state index in [9.17, 15) is 13.5 Å². The normalized spacial score (nSPS) is 14.9. The van der Waals surface area contributed by atoms with E-state index in [1.807, 2.05) is 0 Å². The Morgan fingerprint density at radius 3 is 2.60 bits per heavy atom. The molecule has 20 heavy (non-hydrogen) atoms. The number of halogens is 1. The molecule has 0 spiro atoms. The quantitative estimate of drug-likeness (QED) is 0.885. The highest BCUT2D eigenvalue weighted by molar-refractivity contribution is 7.91. The van der Waals surface area contributed by atoms with Gasteiger partial charge in [0.25, 0.3) is 0 Å². The summed E-state index contributed by atoms with van der Waals surface area (Å²) in [6.07, 6.45) is 0. The van der Waals surface area contributed by atoms with Crippen molar-refractivity contribution in [2.75, 3.05) is 6.54 Å². The lowest BCUT2D eigenvalue weighted by atomic mass is 9.96. The van der Waals surface area contributed by atoms with E-state index in [1.54, 1.807) is 35.7 Å². The van der Waals surface area contributed by atoms with E-state index in [0.29, 0.717) is 10.6 Å². The van der Waals surface area contributed by atoms with Gasteiger partial charge in [-0.05, 0) is 24.4 Å². The van der Waals surface area contributed by atoms with Crippen LogP contribution in [0.2, 0.25) is 5.02 Å². The van der Waals surface area contributed by atoms with E-state index < -0.39 is 15.6 Å². The molecule has 2 aromatic rings. The van der Waals surface area contributed by atoms with Gasteiger partial charge in [-0.25, -0.2) is 13.1 Å². The molecule has 1 heterocycles. The van der Waals surface area contributed by atoms with E-state index in [-0.39, 0.29) is 10.8 Å². The van der Waals surface area contributed by atoms with E-state index >= 15 is 0 Å². The van der Waals surface area contributed by atoms with Crippen molar-refractivity contribution in [2.45, 2.75) is 16.7 Å². The smallest absolute Gasteiger partial charge is 0.250 e. The first-order chi connectivity index (χ1) is 9.33. The summed E-state index contributed by atoms with van der Waals surface area (Å²) in [5, 5.41) is 12.5. The third-order valence-electron chi connectivity index (χ3n) is 2.82. The first-order valence-electron chi connectivity index (χ1n) is 5.83. The first-order valence-corrected chi connectivity index (χ1v) is 8.57. The number of hydrogen-bond donors (Lipinski definition) is 2. The Morgan fingerprint density at radius 2 is 2.00 bits per heavy atom. The molecule has 0 saturated heterocycles. The summed E-state index contributed by atoms with van der Waals surface area (Å²) in [5.74, 6) is 0. The highest BCUT2D eigenvalue weighted by atomic mass is 35.5. The summed E-state index contributed by atoms with van der Waals surface area (Å²) in [6, 6.07) is 9.98. The molecule has 1 atom stereocenters. The minimum atomic E-state index is -3.61. The number of sulfonamides is 1. The summed E-state index contributed by atoms with van der Waals surface area (Å²) in [7, 11) is -3.61. The molecule has 4 nitrogen and oxygen atoms in total. The fourth-order valence-electron chi connectivity index (χ4n) is 1.72. The molecule has 0 amide bonds. The zero-order valence-corrected chi connectivity index (χ0v) is 13.1. The van der Waals surface area contributed by atoms with Crippen LogP contribution in [0.3, 0.4) is 0 Å². The van der Waals surface area contributed by atoms with Crippen LogP contribution in [0.1, 0.15) is 12.5 Å². The highest BCUT2D eigenvalue weighted by Crippen LogP contribution is 2.27. The average molecular weight is 332 g/mol. The molecule has 0 fully saturated rings. The fourth-order valence-corrected chi connectivity index (χ4v) is 4.23.